The van der Waals surface area contributed by atoms with Crippen LogP contribution in [0.5, 0.6) is 5.75 Å². The summed E-state index contributed by atoms with van der Waals surface area (Å²) in [6.45, 7) is 0.864. The third kappa shape index (κ3) is 3.93. The Kier molecular flexibility index (Phi) is 4.69. The van der Waals surface area contributed by atoms with Crippen molar-refractivity contribution in [3.05, 3.63) is 42.4 Å². The topological polar surface area (TPSA) is 59.1 Å². The van der Waals surface area contributed by atoms with Crippen molar-refractivity contribution in [2.45, 2.75) is 6.42 Å². The molecule has 19 heavy (non-hydrogen) atoms. The van der Waals surface area contributed by atoms with Crippen LogP contribution in [0.4, 0.5) is 11.5 Å². The van der Waals surface area contributed by atoms with E-state index in [1.165, 1.54) is 0 Å². The Morgan fingerprint density at radius 3 is 2.95 bits per heavy atom. The van der Waals surface area contributed by atoms with E-state index in [0.29, 0.717) is 0 Å². The van der Waals surface area contributed by atoms with Crippen LogP contribution in [0.15, 0.2) is 36.5 Å². The second-order valence-corrected chi connectivity index (χ2v) is 4.07. The van der Waals surface area contributed by atoms with E-state index >= 15 is 0 Å². The first kappa shape index (κ1) is 13.3. The fraction of sp³-hybridized carbons (Fsp3) is 0.286. The molecule has 1 heterocycles. The third-order valence-electron chi connectivity index (χ3n) is 2.65. The van der Waals surface area contributed by atoms with Crippen molar-refractivity contribution in [1.29, 1.82) is 0 Å². The number of nitrogens with zero attached hydrogens (tertiary/aromatic N) is 2. The number of hydrogen-bond acceptors (Lipinski definition) is 5. The van der Waals surface area contributed by atoms with Gasteiger partial charge in [-0.25, -0.2) is 9.97 Å². The molecule has 5 nitrogen and oxygen atoms in total. The fourth-order valence-corrected chi connectivity index (χ4v) is 1.67. The number of hydrogen-bond donors (Lipinski definition) is 2. The molecule has 0 aliphatic rings. The standard InChI is InChI=1S/C14H18N4O/c1-15-8-6-13-16-9-7-14(18-13)17-11-4-3-5-12(10-11)19-2/h3-5,7,9-10,15H,6,8H2,1-2H3,(H,16,17,18). The lowest BCUT2D eigenvalue weighted by Crippen LogP contribution is -2.12. The molecule has 0 saturated heterocycles. The van der Waals surface area contributed by atoms with E-state index < -0.39 is 0 Å². The molecule has 1 aromatic heterocycles. The number of methoxy groups -OCH3 is 1. The van der Waals surface area contributed by atoms with Crippen LogP contribution in [-0.2, 0) is 6.42 Å². The second kappa shape index (κ2) is 6.70. The van der Waals surface area contributed by atoms with Crippen LogP contribution < -0.4 is 15.4 Å². The zero-order valence-electron chi connectivity index (χ0n) is 11.2. The number of anilines is 2. The molecule has 0 saturated carbocycles. The Balaban J connectivity index is 2.09. The highest BCUT2D eigenvalue weighted by atomic mass is 16.5. The number of ether oxygens (including phenoxy) is 1. The predicted molar refractivity (Wildman–Crippen MR) is 75.9 cm³/mol. The van der Waals surface area contributed by atoms with Gasteiger partial charge < -0.3 is 15.4 Å². The largest absolute Gasteiger partial charge is 0.497 e. The summed E-state index contributed by atoms with van der Waals surface area (Å²) >= 11 is 0. The van der Waals surface area contributed by atoms with Gasteiger partial charge in [0.05, 0.1) is 7.11 Å². The zero-order valence-corrected chi connectivity index (χ0v) is 11.2. The minimum atomic E-state index is 0.786. The molecule has 1 aromatic carbocycles. The smallest absolute Gasteiger partial charge is 0.134 e. The highest BCUT2D eigenvalue weighted by Gasteiger charge is 2.01. The predicted octanol–water partition coefficient (Wildman–Crippen LogP) is 1.99. The van der Waals surface area contributed by atoms with Crippen molar-refractivity contribution >= 4 is 11.5 Å². The van der Waals surface area contributed by atoms with Crippen LogP contribution >= 0.6 is 0 Å². The van der Waals surface area contributed by atoms with Crippen LogP contribution in [0.1, 0.15) is 5.82 Å². The van der Waals surface area contributed by atoms with Gasteiger partial charge in [0.2, 0.25) is 0 Å². The van der Waals surface area contributed by atoms with Crippen LogP contribution in [0.2, 0.25) is 0 Å². The number of likely N-dealkylation sites (N-methyl/N-ethyl adjacent to an activating group) is 1. The van der Waals surface area contributed by atoms with Gasteiger partial charge in [-0.1, -0.05) is 6.07 Å². The fourth-order valence-electron chi connectivity index (χ4n) is 1.67. The first-order chi connectivity index (χ1) is 9.31. The Morgan fingerprint density at radius 1 is 1.26 bits per heavy atom. The first-order valence-corrected chi connectivity index (χ1v) is 6.19. The second-order valence-electron chi connectivity index (χ2n) is 4.07. The van der Waals surface area contributed by atoms with Gasteiger partial charge in [0.1, 0.15) is 17.4 Å². The summed E-state index contributed by atoms with van der Waals surface area (Å²) in [6.07, 6.45) is 2.57. The summed E-state index contributed by atoms with van der Waals surface area (Å²) in [7, 11) is 3.57. The lowest BCUT2D eigenvalue weighted by Gasteiger charge is -2.08. The number of benzene rings is 1. The summed E-state index contributed by atoms with van der Waals surface area (Å²) < 4.78 is 5.19. The number of nitrogens with one attached hydrogen (secondary N) is 2. The molecular weight excluding hydrogens is 240 g/mol. The van der Waals surface area contributed by atoms with E-state index in [1.54, 1.807) is 13.3 Å². The monoisotopic (exact) mass is 258 g/mol. The molecule has 2 aromatic rings. The zero-order chi connectivity index (χ0) is 13.5. The Bertz CT molecular complexity index is 530. The van der Waals surface area contributed by atoms with E-state index in [4.69, 9.17) is 4.74 Å². The highest BCUT2D eigenvalue weighted by molar-refractivity contribution is 5.57. The third-order valence-corrected chi connectivity index (χ3v) is 2.65. The van der Waals surface area contributed by atoms with Gasteiger partial charge in [0, 0.05) is 30.9 Å². The maximum atomic E-state index is 5.19. The van der Waals surface area contributed by atoms with Crippen LogP contribution in [0, 0.1) is 0 Å². The molecule has 100 valence electrons. The maximum Gasteiger partial charge on any atom is 0.134 e. The van der Waals surface area contributed by atoms with Gasteiger partial charge in [0.25, 0.3) is 0 Å². The van der Waals surface area contributed by atoms with Gasteiger partial charge in [-0.2, -0.15) is 0 Å². The summed E-state index contributed by atoms with van der Waals surface area (Å²) in [5.41, 5.74) is 0.942. The Hall–Kier alpha value is -2.14. The molecule has 0 unspecified atom stereocenters. The molecule has 2 rings (SSSR count). The molecule has 0 radical (unpaired) electrons. The van der Waals surface area contributed by atoms with Crippen molar-refractivity contribution in [2.24, 2.45) is 0 Å². The number of rotatable bonds is 6. The minimum Gasteiger partial charge on any atom is -0.497 e. The van der Waals surface area contributed by atoms with Crippen molar-refractivity contribution in [1.82, 2.24) is 15.3 Å². The van der Waals surface area contributed by atoms with Crippen molar-refractivity contribution in [2.75, 3.05) is 26.0 Å². The quantitative estimate of drug-likeness (QED) is 0.830. The van der Waals surface area contributed by atoms with E-state index in [-0.39, 0.29) is 0 Å². The first-order valence-electron chi connectivity index (χ1n) is 6.19. The lowest BCUT2D eigenvalue weighted by atomic mass is 10.3. The maximum absolute atomic E-state index is 5.19. The number of aromatic nitrogens is 2. The Morgan fingerprint density at radius 2 is 2.16 bits per heavy atom. The summed E-state index contributed by atoms with van der Waals surface area (Å²) in [6, 6.07) is 9.59. The van der Waals surface area contributed by atoms with Gasteiger partial charge >= 0.3 is 0 Å². The van der Waals surface area contributed by atoms with E-state index in [9.17, 15) is 0 Å². The van der Waals surface area contributed by atoms with Gasteiger partial charge in [0.15, 0.2) is 0 Å². The normalized spacial score (nSPS) is 10.2. The molecule has 2 N–H and O–H groups in total. The average Bonchev–Trinajstić information content (AvgIpc) is 2.46. The van der Waals surface area contributed by atoms with Gasteiger partial charge in [-0.05, 0) is 25.2 Å². The van der Waals surface area contributed by atoms with Gasteiger partial charge in [-0.15, -0.1) is 0 Å². The lowest BCUT2D eigenvalue weighted by molar-refractivity contribution is 0.415. The van der Waals surface area contributed by atoms with E-state index in [2.05, 4.69) is 20.6 Å². The van der Waals surface area contributed by atoms with E-state index in [0.717, 1.165) is 36.0 Å². The highest BCUT2D eigenvalue weighted by Crippen LogP contribution is 2.19. The molecule has 5 heteroatoms. The molecule has 0 fully saturated rings. The molecular formula is C14H18N4O. The molecule has 0 spiro atoms. The van der Waals surface area contributed by atoms with Crippen LogP contribution in [0.3, 0.4) is 0 Å². The summed E-state index contributed by atoms with van der Waals surface area (Å²) in [4.78, 5) is 8.69. The SMILES string of the molecule is CNCCc1nccc(Nc2cccc(OC)c2)n1. The summed E-state index contributed by atoms with van der Waals surface area (Å²) in [5.74, 6) is 2.42. The molecule has 0 bridgehead atoms. The molecule has 0 atom stereocenters. The van der Waals surface area contributed by atoms with E-state index in [1.807, 2.05) is 37.4 Å². The molecule has 0 aliphatic carbocycles. The van der Waals surface area contributed by atoms with Crippen LogP contribution in [0.25, 0.3) is 0 Å². The van der Waals surface area contributed by atoms with Crippen molar-refractivity contribution in [3.63, 3.8) is 0 Å². The van der Waals surface area contributed by atoms with Crippen molar-refractivity contribution in [3.8, 4) is 5.75 Å². The van der Waals surface area contributed by atoms with Crippen molar-refractivity contribution < 1.29 is 4.74 Å². The van der Waals surface area contributed by atoms with Gasteiger partial charge in [-0.3, -0.25) is 0 Å². The summed E-state index contributed by atoms with van der Waals surface area (Å²) in [5, 5.41) is 6.33. The average molecular weight is 258 g/mol. The van der Waals surface area contributed by atoms with Crippen LogP contribution in [-0.4, -0.2) is 30.7 Å². The Labute approximate surface area is 113 Å². The minimum absolute atomic E-state index is 0.786. The molecule has 0 amide bonds. The molecule has 0 aliphatic heterocycles.